The second-order valence-corrected chi connectivity index (χ2v) is 5.95. The van der Waals surface area contributed by atoms with E-state index in [1.807, 2.05) is 6.07 Å². The molecule has 2 aromatic rings. The Morgan fingerprint density at radius 1 is 1.52 bits per heavy atom. The van der Waals surface area contributed by atoms with E-state index >= 15 is 0 Å². The van der Waals surface area contributed by atoms with E-state index < -0.39 is 0 Å². The molecule has 0 aromatic carbocycles. The van der Waals surface area contributed by atoms with Crippen LogP contribution in [0.3, 0.4) is 0 Å². The van der Waals surface area contributed by atoms with Crippen LogP contribution in [0.5, 0.6) is 0 Å². The van der Waals surface area contributed by atoms with Crippen molar-refractivity contribution in [3.8, 4) is 0 Å². The van der Waals surface area contributed by atoms with Gasteiger partial charge in [-0.1, -0.05) is 11.8 Å². The van der Waals surface area contributed by atoms with E-state index in [4.69, 9.17) is 4.42 Å². The van der Waals surface area contributed by atoms with Gasteiger partial charge in [-0.2, -0.15) is 0 Å². The van der Waals surface area contributed by atoms with Gasteiger partial charge in [-0.15, -0.1) is 10.2 Å². The minimum atomic E-state index is -0.0324. The Hall–Kier alpha value is -1.76. The molecule has 1 N–H and O–H groups in total. The summed E-state index contributed by atoms with van der Waals surface area (Å²) in [6.45, 7) is 3.34. The van der Waals surface area contributed by atoms with E-state index in [9.17, 15) is 4.79 Å². The van der Waals surface area contributed by atoms with Gasteiger partial charge in [-0.3, -0.25) is 4.79 Å². The van der Waals surface area contributed by atoms with Crippen molar-refractivity contribution >= 4 is 17.7 Å². The normalized spacial score (nSPS) is 14.3. The molecule has 1 amide bonds. The number of thioether (sulfide) groups is 1. The highest BCUT2D eigenvalue weighted by atomic mass is 32.2. The molecule has 6 nitrogen and oxygen atoms in total. The summed E-state index contributed by atoms with van der Waals surface area (Å²) in [5, 5.41) is 12.1. The van der Waals surface area contributed by atoms with Gasteiger partial charge >= 0.3 is 0 Å². The second kappa shape index (κ2) is 6.34. The molecule has 0 atom stereocenters. The lowest BCUT2D eigenvalue weighted by molar-refractivity contribution is -0.118. The van der Waals surface area contributed by atoms with Crippen molar-refractivity contribution in [2.75, 3.05) is 5.75 Å². The highest BCUT2D eigenvalue weighted by Gasteiger charge is 2.30. The van der Waals surface area contributed by atoms with E-state index in [2.05, 4.69) is 27.0 Å². The van der Waals surface area contributed by atoms with Gasteiger partial charge < -0.3 is 14.3 Å². The van der Waals surface area contributed by atoms with Crippen molar-refractivity contribution in [2.45, 2.75) is 43.9 Å². The van der Waals surface area contributed by atoms with Crippen LogP contribution < -0.4 is 5.32 Å². The summed E-state index contributed by atoms with van der Waals surface area (Å²) in [6.07, 6.45) is 4.00. The molecule has 0 bridgehead atoms. The average molecular weight is 306 g/mol. The van der Waals surface area contributed by atoms with E-state index in [-0.39, 0.29) is 5.91 Å². The number of nitrogens with one attached hydrogen (secondary N) is 1. The molecule has 2 heterocycles. The Bertz CT molecular complexity index is 605. The van der Waals surface area contributed by atoms with Gasteiger partial charge in [0.05, 0.1) is 18.6 Å². The largest absolute Gasteiger partial charge is 0.467 e. The zero-order chi connectivity index (χ0) is 14.7. The Morgan fingerprint density at radius 3 is 3.05 bits per heavy atom. The molecule has 112 valence electrons. The fraction of sp³-hybridized carbons (Fsp3) is 0.500. The number of carbonyl (C=O) groups is 1. The number of amides is 1. The predicted octanol–water partition coefficient (Wildman–Crippen LogP) is 2.18. The molecule has 3 rings (SSSR count). The Morgan fingerprint density at radius 2 is 2.38 bits per heavy atom. The number of hydrogen-bond donors (Lipinski definition) is 1. The van der Waals surface area contributed by atoms with Crippen LogP contribution in [0.2, 0.25) is 0 Å². The summed E-state index contributed by atoms with van der Waals surface area (Å²) in [5.74, 6) is 2.69. The molecule has 1 aliphatic rings. The van der Waals surface area contributed by atoms with Gasteiger partial charge in [-0.05, 0) is 31.9 Å². The minimum Gasteiger partial charge on any atom is -0.467 e. The fourth-order valence-electron chi connectivity index (χ4n) is 2.13. The molecule has 1 aliphatic carbocycles. The van der Waals surface area contributed by atoms with Crippen molar-refractivity contribution in [1.29, 1.82) is 0 Å². The molecule has 0 unspecified atom stereocenters. The van der Waals surface area contributed by atoms with Crippen molar-refractivity contribution in [3.05, 3.63) is 30.0 Å². The molecular weight excluding hydrogens is 288 g/mol. The van der Waals surface area contributed by atoms with E-state index in [0.29, 0.717) is 18.2 Å². The van der Waals surface area contributed by atoms with Crippen LogP contribution in [-0.4, -0.2) is 26.4 Å². The zero-order valence-electron chi connectivity index (χ0n) is 11.9. The number of hydrogen-bond acceptors (Lipinski definition) is 5. The monoisotopic (exact) mass is 306 g/mol. The van der Waals surface area contributed by atoms with Crippen LogP contribution in [0.4, 0.5) is 0 Å². The number of furan rings is 1. The molecule has 0 aliphatic heterocycles. The third kappa shape index (κ3) is 3.47. The highest BCUT2D eigenvalue weighted by molar-refractivity contribution is 7.99. The lowest BCUT2D eigenvalue weighted by atomic mass is 10.4. The maximum Gasteiger partial charge on any atom is 0.230 e. The number of aromatic nitrogens is 3. The lowest BCUT2D eigenvalue weighted by Crippen LogP contribution is -2.24. The topological polar surface area (TPSA) is 73.0 Å². The van der Waals surface area contributed by atoms with Crippen molar-refractivity contribution in [1.82, 2.24) is 20.1 Å². The predicted molar refractivity (Wildman–Crippen MR) is 78.9 cm³/mol. The quantitative estimate of drug-likeness (QED) is 0.794. The minimum absolute atomic E-state index is 0.0324. The zero-order valence-corrected chi connectivity index (χ0v) is 12.7. The highest BCUT2D eigenvalue weighted by Crippen LogP contribution is 2.39. The third-order valence-electron chi connectivity index (χ3n) is 3.38. The number of nitrogens with zero attached hydrogens (tertiary/aromatic N) is 3. The fourth-order valence-corrected chi connectivity index (χ4v) is 2.97. The van der Waals surface area contributed by atoms with E-state index in [1.54, 1.807) is 12.3 Å². The van der Waals surface area contributed by atoms with Gasteiger partial charge in [0.25, 0.3) is 0 Å². The summed E-state index contributed by atoms with van der Waals surface area (Å²) in [5.41, 5.74) is 0. The Balaban J connectivity index is 1.51. The first-order valence-corrected chi connectivity index (χ1v) is 8.11. The molecule has 7 heteroatoms. The van der Waals surface area contributed by atoms with Crippen LogP contribution in [0, 0.1) is 0 Å². The SMILES string of the molecule is CCn1c(SCC(=O)NCc2ccco2)nnc1C1CC1. The van der Waals surface area contributed by atoms with Gasteiger partial charge in [0, 0.05) is 12.5 Å². The molecule has 0 saturated heterocycles. The smallest absolute Gasteiger partial charge is 0.230 e. The first-order chi connectivity index (χ1) is 10.3. The van der Waals surface area contributed by atoms with Crippen LogP contribution >= 0.6 is 11.8 Å². The Labute approximate surface area is 127 Å². The average Bonchev–Trinajstić information content (AvgIpc) is 3.05. The van der Waals surface area contributed by atoms with Gasteiger partial charge in [-0.25, -0.2) is 0 Å². The first-order valence-electron chi connectivity index (χ1n) is 7.13. The number of carbonyl (C=O) groups excluding carboxylic acids is 1. The Kier molecular flexibility index (Phi) is 4.28. The summed E-state index contributed by atoms with van der Waals surface area (Å²) in [4.78, 5) is 11.8. The van der Waals surface area contributed by atoms with Gasteiger partial charge in [0.1, 0.15) is 11.6 Å². The van der Waals surface area contributed by atoms with E-state index in [0.717, 1.165) is 23.3 Å². The molecular formula is C14H18N4O2S. The maximum absolute atomic E-state index is 11.8. The van der Waals surface area contributed by atoms with Crippen molar-refractivity contribution in [2.24, 2.45) is 0 Å². The summed E-state index contributed by atoms with van der Waals surface area (Å²) < 4.78 is 7.29. The van der Waals surface area contributed by atoms with Gasteiger partial charge in [0.2, 0.25) is 5.91 Å². The van der Waals surface area contributed by atoms with Gasteiger partial charge in [0.15, 0.2) is 5.16 Å². The molecule has 21 heavy (non-hydrogen) atoms. The summed E-state index contributed by atoms with van der Waals surface area (Å²) in [6, 6.07) is 3.64. The van der Waals surface area contributed by atoms with E-state index in [1.165, 1.54) is 24.6 Å². The first kappa shape index (κ1) is 14.2. The molecule has 1 fully saturated rings. The summed E-state index contributed by atoms with van der Waals surface area (Å²) >= 11 is 1.43. The molecule has 1 saturated carbocycles. The number of rotatable bonds is 7. The molecule has 2 aromatic heterocycles. The third-order valence-corrected chi connectivity index (χ3v) is 4.34. The van der Waals surface area contributed by atoms with Crippen molar-refractivity contribution < 1.29 is 9.21 Å². The summed E-state index contributed by atoms with van der Waals surface area (Å²) in [7, 11) is 0. The molecule has 0 spiro atoms. The maximum atomic E-state index is 11.8. The lowest BCUT2D eigenvalue weighted by Gasteiger charge is -2.06. The second-order valence-electron chi connectivity index (χ2n) is 5.00. The molecule has 0 radical (unpaired) electrons. The van der Waals surface area contributed by atoms with Crippen LogP contribution in [0.15, 0.2) is 28.0 Å². The van der Waals surface area contributed by atoms with Crippen LogP contribution in [-0.2, 0) is 17.9 Å². The van der Waals surface area contributed by atoms with Crippen molar-refractivity contribution in [3.63, 3.8) is 0 Å². The van der Waals surface area contributed by atoms with Crippen LogP contribution in [0.25, 0.3) is 0 Å². The standard InChI is InChI=1S/C14H18N4O2S/c1-2-18-13(10-5-6-10)16-17-14(18)21-9-12(19)15-8-11-4-3-7-20-11/h3-4,7,10H,2,5-6,8-9H2,1H3,(H,15,19). The van der Waals surface area contributed by atoms with Crippen LogP contribution in [0.1, 0.15) is 37.3 Å².